The molecule has 0 rings (SSSR count). The smallest absolute Gasteiger partial charge is 0.220 e. The minimum atomic E-state index is -0.604. The van der Waals surface area contributed by atoms with Crippen molar-refractivity contribution in [3.8, 4) is 0 Å². The number of hydrogen-bond donors (Lipinski definition) is 5. The standard InChI is InChI=1S/C10H22N4O2/c11-9(16)7-8(15)5-3-1-2-4-6-14-10(12)13/h8,15H,1-7H2,(H2,11,16)(H4,12,13,14). The maximum absolute atomic E-state index is 10.5. The lowest BCUT2D eigenvalue weighted by Gasteiger charge is -2.08. The van der Waals surface area contributed by atoms with Gasteiger partial charge < -0.3 is 21.9 Å². The number of nitrogens with two attached hydrogens (primary N) is 2. The molecule has 0 saturated carbocycles. The maximum atomic E-state index is 10.5. The molecular formula is C10H22N4O2. The van der Waals surface area contributed by atoms with Crippen LogP contribution in [-0.4, -0.2) is 29.6 Å². The van der Waals surface area contributed by atoms with E-state index in [0.717, 1.165) is 25.7 Å². The molecule has 0 bridgehead atoms. The van der Waals surface area contributed by atoms with Crippen molar-refractivity contribution >= 4 is 11.9 Å². The van der Waals surface area contributed by atoms with E-state index in [1.807, 2.05) is 0 Å². The normalized spacial score (nSPS) is 12.1. The van der Waals surface area contributed by atoms with Crippen LogP contribution in [0.15, 0.2) is 0 Å². The topological polar surface area (TPSA) is 125 Å². The van der Waals surface area contributed by atoms with Crippen LogP contribution in [0, 0.1) is 5.41 Å². The summed E-state index contributed by atoms with van der Waals surface area (Å²) < 4.78 is 0. The van der Waals surface area contributed by atoms with Crippen LogP contribution >= 0.6 is 0 Å². The van der Waals surface area contributed by atoms with Crippen LogP contribution < -0.4 is 16.8 Å². The summed E-state index contributed by atoms with van der Waals surface area (Å²) in [6.45, 7) is 0.708. The highest BCUT2D eigenvalue weighted by atomic mass is 16.3. The summed E-state index contributed by atoms with van der Waals surface area (Å²) in [5.41, 5.74) is 10.1. The minimum Gasteiger partial charge on any atom is -0.393 e. The van der Waals surface area contributed by atoms with Gasteiger partial charge in [-0.25, -0.2) is 0 Å². The highest BCUT2D eigenvalue weighted by Crippen LogP contribution is 2.07. The number of amides is 1. The fourth-order valence-electron chi connectivity index (χ4n) is 1.42. The summed E-state index contributed by atoms with van der Waals surface area (Å²) in [7, 11) is 0. The van der Waals surface area contributed by atoms with Gasteiger partial charge in [-0.2, -0.15) is 0 Å². The number of carbonyl (C=O) groups excluding carboxylic acids is 1. The number of aliphatic hydroxyl groups is 1. The van der Waals surface area contributed by atoms with Crippen LogP contribution in [0.2, 0.25) is 0 Å². The van der Waals surface area contributed by atoms with E-state index in [2.05, 4.69) is 5.32 Å². The van der Waals surface area contributed by atoms with E-state index in [1.54, 1.807) is 0 Å². The average Bonchev–Trinajstić information content (AvgIpc) is 2.14. The first-order valence-corrected chi connectivity index (χ1v) is 5.56. The molecule has 0 aromatic heterocycles. The fourth-order valence-corrected chi connectivity index (χ4v) is 1.42. The van der Waals surface area contributed by atoms with Crippen molar-refractivity contribution in [1.29, 1.82) is 5.41 Å². The van der Waals surface area contributed by atoms with Crippen LogP contribution in [-0.2, 0) is 4.79 Å². The number of aliphatic hydroxyl groups excluding tert-OH is 1. The molecule has 0 aliphatic rings. The van der Waals surface area contributed by atoms with Gasteiger partial charge in [0.25, 0.3) is 0 Å². The predicted molar refractivity (Wildman–Crippen MR) is 62.8 cm³/mol. The zero-order valence-corrected chi connectivity index (χ0v) is 9.54. The third-order valence-corrected chi connectivity index (χ3v) is 2.22. The second-order valence-electron chi connectivity index (χ2n) is 3.87. The number of hydrogen-bond acceptors (Lipinski definition) is 3. The molecule has 0 aromatic rings. The van der Waals surface area contributed by atoms with Crippen LogP contribution in [0.25, 0.3) is 0 Å². The Hall–Kier alpha value is -1.30. The summed E-state index contributed by atoms with van der Waals surface area (Å²) in [6, 6.07) is 0. The zero-order chi connectivity index (χ0) is 12.4. The minimum absolute atomic E-state index is 0.00289. The quantitative estimate of drug-likeness (QED) is 0.211. The SMILES string of the molecule is N=C(N)NCCCCCCC(O)CC(N)=O. The summed E-state index contributed by atoms with van der Waals surface area (Å²) in [5.74, 6) is -0.463. The Morgan fingerprint density at radius 1 is 1.25 bits per heavy atom. The number of nitrogens with one attached hydrogen (secondary N) is 2. The molecule has 0 radical (unpaired) electrons. The van der Waals surface area contributed by atoms with Crippen molar-refractivity contribution in [2.24, 2.45) is 11.5 Å². The van der Waals surface area contributed by atoms with Crippen molar-refractivity contribution in [3.05, 3.63) is 0 Å². The molecule has 94 valence electrons. The van der Waals surface area contributed by atoms with Gasteiger partial charge in [-0.1, -0.05) is 19.3 Å². The number of primary amides is 1. The van der Waals surface area contributed by atoms with Gasteiger partial charge >= 0.3 is 0 Å². The number of unbranched alkanes of at least 4 members (excludes halogenated alkanes) is 3. The maximum Gasteiger partial charge on any atom is 0.220 e. The lowest BCUT2D eigenvalue weighted by molar-refractivity contribution is -0.119. The monoisotopic (exact) mass is 230 g/mol. The van der Waals surface area contributed by atoms with E-state index < -0.39 is 12.0 Å². The highest BCUT2D eigenvalue weighted by molar-refractivity contribution is 5.74. The highest BCUT2D eigenvalue weighted by Gasteiger charge is 2.06. The van der Waals surface area contributed by atoms with Crippen LogP contribution in [0.3, 0.4) is 0 Å². The largest absolute Gasteiger partial charge is 0.393 e. The zero-order valence-electron chi connectivity index (χ0n) is 9.54. The Bertz CT molecular complexity index is 221. The van der Waals surface area contributed by atoms with Crippen LogP contribution in [0.1, 0.15) is 38.5 Å². The Labute approximate surface area is 95.9 Å². The molecule has 0 heterocycles. The molecule has 16 heavy (non-hydrogen) atoms. The van der Waals surface area contributed by atoms with Gasteiger partial charge in [0.2, 0.25) is 5.91 Å². The first-order chi connectivity index (χ1) is 7.52. The Kier molecular flexibility index (Phi) is 8.24. The van der Waals surface area contributed by atoms with E-state index in [1.165, 1.54) is 0 Å². The lowest BCUT2D eigenvalue weighted by Crippen LogP contribution is -2.30. The molecule has 1 atom stereocenters. The molecule has 1 unspecified atom stereocenters. The molecule has 1 amide bonds. The first kappa shape index (κ1) is 14.7. The van der Waals surface area contributed by atoms with E-state index in [4.69, 9.17) is 16.9 Å². The fraction of sp³-hybridized carbons (Fsp3) is 0.800. The van der Waals surface area contributed by atoms with E-state index in [9.17, 15) is 9.90 Å². The third kappa shape index (κ3) is 10.8. The van der Waals surface area contributed by atoms with Gasteiger partial charge in [0.15, 0.2) is 5.96 Å². The molecule has 6 nitrogen and oxygen atoms in total. The lowest BCUT2D eigenvalue weighted by atomic mass is 10.1. The number of rotatable bonds is 9. The molecule has 0 aliphatic heterocycles. The molecular weight excluding hydrogens is 208 g/mol. The Morgan fingerprint density at radius 2 is 1.88 bits per heavy atom. The summed E-state index contributed by atoms with van der Waals surface area (Å²) >= 11 is 0. The molecule has 0 aliphatic carbocycles. The van der Waals surface area contributed by atoms with Gasteiger partial charge in [-0.3, -0.25) is 10.2 Å². The van der Waals surface area contributed by atoms with Crippen molar-refractivity contribution in [2.75, 3.05) is 6.54 Å². The molecule has 0 aromatic carbocycles. The average molecular weight is 230 g/mol. The van der Waals surface area contributed by atoms with Crippen molar-refractivity contribution in [3.63, 3.8) is 0 Å². The second kappa shape index (κ2) is 8.96. The molecule has 0 spiro atoms. The molecule has 7 N–H and O–H groups in total. The van der Waals surface area contributed by atoms with Gasteiger partial charge in [0, 0.05) is 6.54 Å². The Morgan fingerprint density at radius 3 is 2.44 bits per heavy atom. The predicted octanol–water partition coefficient (Wildman–Crippen LogP) is -0.344. The summed E-state index contributed by atoms with van der Waals surface area (Å²) in [4.78, 5) is 10.5. The summed E-state index contributed by atoms with van der Waals surface area (Å²) in [6.07, 6.45) is 3.90. The van der Waals surface area contributed by atoms with Crippen molar-refractivity contribution in [1.82, 2.24) is 5.32 Å². The van der Waals surface area contributed by atoms with E-state index >= 15 is 0 Å². The van der Waals surface area contributed by atoms with Gasteiger partial charge in [0.1, 0.15) is 0 Å². The van der Waals surface area contributed by atoms with E-state index in [0.29, 0.717) is 13.0 Å². The molecule has 6 heteroatoms. The summed E-state index contributed by atoms with van der Waals surface area (Å²) in [5, 5.41) is 19.0. The van der Waals surface area contributed by atoms with Gasteiger partial charge in [0.05, 0.1) is 12.5 Å². The third-order valence-electron chi connectivity index (χ3n) is 2.22. The number of guanidine groups is 1. The van der Waals surface area contributed by atoms with Gasteiger partial charge in [-0.15, -0.1) is 0 Å². The number of carbonyl (C=O) groups is 1. The Balaban J connectivity index is 3.20. The van der Waals surface area contributed by atoms with Gasteiger partial charge in [-0.05, 0) is 12.8 Å². The van der Waals surface area contributed by atoms with Crippen molar-refractivity contribution in [2.45, 2.75) is 44.6 Å². The van der Waals surface area contributed by atoms with Crippen LogP contribution in [0.4, 0.5) is 0 Å². The van der Waals surface area contributed by atoms with Crippen LogP contribution in [0.5, 0.6) is 0 Å². The van der Waals surface area contributed by atoms with Crippen molar-refractivity contribution < 1.29 is 9.90 Å². The molecule has 0 saturated heterocycles. The van der Waals surface area contributed by atoms with E-state index in [-0.39, 0.29) is 12.4 Å². The second-order valence-corrected chi connectivity index (χ2v) is 3.87. The molecule has 0 fully saturated rings. The first-order valence-electron chi connectivity index (χ1n) is 5.56.